The van der Waals surface area contributed by atoms with Gasteiger partial charge >= 0.3 is 6.03 Å². The molecule has 2 unspecified atom stereocenters. The average molecular weight is 339 g/mol. The molecule has 2 N–H and O–H groups in total. The van der Waals surface area contributed by atoms with E-state index in [-0.39, 0.29) is 23.9 Å². The number of amides is 3. The van der Waals surface area contributed by atoms with E-state index < -0.39 is 0 Å². The number of carbonyl (C=O) groups is 2. The zero-order chi connectivity index (χ0) is 18.4. The van der Waals surface area contributed by atoms with Crippen LogP contribution in [0.25, 0.3) is 0 Å². The van der Waals surface area contributed by atoms with Crippen LogP contribution in [0.1, 0.15) is 32.3 Å². The number of rotatable bonds is 5. The number of hydrogen-bond donors (Lipinski definition) is 2. The zero-order valence-electron chi connectivity index (χ0n) is 15.1. The fraction of sp³-hybridized carbons (Fsp3) is 0.300. The molecule has 0 radical (unpaired) electrons. The molecule has 2 aromatic carbocycles. The zero-order valence-corrected chi connectivity index (χ0v) is 15.1. The molecule has 0 bridgehead atoms. The molecule has 0 aliphatic carbocycles. The van der Waals surface area contributed by atoms with Crippen LogP contribution in [0.4, 0.5) is 16.2 Å². The Kier molecular flexibility index (Phi) is 6.17. The predicted molar refractivity (Wildman–Crippen MR) is 102 cm³/mol. The summed E-state index contributed by atoms with van der Waals surface area (Å²) in [5, 5.41) is 5.79. The van der Waals surface area contributed by atoms with E-state index in [4.69, 9.17) is 0 Å². The second kappa shape index (κ2) is 8.33. The van der Waals surface area contributed by atoms with Crippen molar-refractivity contribution in [2.45, 2.75) is 32.7 Å². The van der Waals surface area contributed by atoms with Crippen LogP contribution in [-0.2, 0) is 4.79 Å². The molecular weight excluding hydrogens is 314 g/mol. The molecule has 0 heterocycles. The molecule has 0 aliphatic rings. The first-order chi connectivity index (χ1) is 11.9. The molecule has 0 aliphatic heterocycles. The molecule has 2 atom stereocenters. The van der Waals surface area contributed by atoms with Crippen LogP contribution in [0.3, 0.4) is 0 Å². The Labute approximate surface area is 149 Å². The predicted octanol–water partition coefficient (Wildman–Crippen LogP) is 3.98. The van der Waals surface area contributed by atoms with Crippen LogP contribution in [0.2, 0.25) is 0 Å². The number of urea groups is 1. The quantitative estimate of drug-likeness (QED) is 0.865. The Balaban J connectivity index is 1.98. The SMILES string of the molecule is CC(=O)N(C)c1cccc(NC(=O)NC(C)C(C)c2ccccc2)c1. The topological polar surface area (TPSA) is 61.4 Å². The highest BCUT2D eigenvalue weighted by Gasteiger charge is 2.16. The number of carbonyl (C=O) groups excluding carboxylic acids is 2. The highest BCUT2D eigenvalue weighted by molar-refractivity contribution is 5.93. The molecule has 0 aromatic heterocycles. The summed E-state index contributed by atoms with van der Waals surface area (Å²) < 4.78 is 0. The van der Waals surface area contributed by atoms with Gasteiger partial charge in [-0.2, -0.15) is 0 Å². The summed E-state index contributed by atoms with van der Waals surface area (Å²) in [6.07, 6.45) is 0. The summed E-state index contributed by atoms with van der Waals surface area (Å²) in [5.74, 6) is 0.133. The van der Waals surface area contributed by atoms with Gasteiger partial charge in [-0.05, 0) is 30.7 Å². The lowest BCUT2D eigenvalue weighted by molar-refractivity contribution is -0.116. The minimum Gasteiger partial charge on any atom is -0.335 e. The molecule has 0 spiro atoms. The van der Waals surface area contributed by atoms with E-state index in [2.05, 4.69) is 29.7 Å². The summed E-state index contributed by atoms with van der Waals surface area (Å²) >= 11 is 0. The van der Waals surface area contributed by atoms with Gasteiger partial charge in [0.05, 0.1) is 0 Å². The van der Waals surface area contributed by atoms with E-state index in [1.165, 1.54) is 17.4 Å². The minimum absolute atomic E-state index is 0.0227. The Morgan fingerprint density at radius 3 is 2.32 bits per heavy atom. The van der Waals surface area contributed by atoms with Crippen LogP contribution in [0.15, 0.2) is 54.6 Å². The summed E-state index contributed by atoms with van der Waals surface area (Å²) in [6, 6.07) is 17.0. The van der Waals surface area contributed by atoms with Crippen molar-refractivity contribution >= 4 is 23.3 Å². The Hall–Kier alpha value is -2.82. The van der Waals surface area contributed by atoms with E-state index in [9.17, 15) is 9.59 Å². The van der Waals surface area contributed by atoms with E-state index in [1.54, 1.807) is 25.2 Å². The van der Waals surface area contributed by atoms with Crippen molar-refractivity contribution < 1.29 is 9.59 Å². The van der Waals surface area contributed by atoms with Crippen molar-refractivity contribution in [3.8, 4) is 0 Å². The molecule has 5 nitrogen and oxygen atoms in total. The van der Waals surface area contributed by atoms with E-state index in [0.29, 0.717) is 5.69 Å². The van der Waals surface area contributed by atoms with Crippen LogP contribution in [-0.4, -0.2) is 25.0 Å². The van der Waals surface area contributed by atoms with Crippen molar-refractivity contribution in [1.29, 1.82) is 0 Å². The summed E-state index contributed by atoms with van der Waals surface area (Å²) in [4.78, 5) is 25.3. The third-order valence-electron chi connectivity index (χ3n) is 4.40. The largest absolute Gasteiger partial charge is 0.335 e. The number of nitrogens with one attached hydrogen (secondary N) is 2. The van der Waals surface area contributed by atoms with Crippen LogP contribution in [0.5, 0.6) is 0 Å². The highest BCUT2D eigenvalue weighted by atomic mass is 16.2. The van der Waals surface area contributed by atoms with Crippen LogP contribution < -0.4 is 15.5 Å². The van der Waals surface area contributed by atoms with Gasteiger partial charge in [-0.25, -0.2) is 4.79 Å². The van der Waals surface area contributed by atoms with Gasteiger partial charge in [0.2, 0.25) is 5.91 Å². The molecule has 25 heavy (non-hydrogen) atoms. The van der Waals surface area contributed by atoms with E-state index >= 15 is 0 Å². The fourth-order valence-corrected chi connectivity index (χ4v) is 2.52. The van der Waals surface area contributed by atoms with Gasteiger partial charge in [0, 0.05) is 37.3 Å². The summed E-state index contributed by atoms with van der Waals surface area (Å²) in [5.41, 5.74) is 2.55. The van der Waals surface area contributed by atoms with Crippen molar-refractivity contribution in [1.82, 2.24) is 5.32 Å². The van der Waals surface area contributed by atoms with Crippen molar-refractivity contribution in [2.75, 3.05) is 17.3 Å². The maximum atomic E-state index is 12.3. The minimum atomic E-state index is -0.266. The normalized spacial score (nSPS) is 12.8. The molecule has 0 fully saturated rings. The average Bonchev–Trinajstić information content (AvgIpc) is 2.61. The number of hydrogen-bond acceptors (Lipinski definition) is 2. The standard InChI is InChI=1S/C20H25N3O2/c1-14(17-9-6-5-7-10-17)15(2)21-20(25)22-18-11-8-12-19(13-18)23(4)16(3)24/h5-15H,1-4H3,(H2,21,22,25). The highest BCUT2D eigenvalue weighted by Crippen LogP contribution is 2.20. The van der Waals surface area contributed by atoms with Gasteiger partial charge in [0.25, 0.3) is 0 Å². The van der Waals surface area contributed by atoms with Gasteiger partial charge in [-0.3, -0.25) is 4.79 Å². The lowest BCUT2D eigenvalue weighted by atomic mass is 9.95. The summed E-state index contributed by atoms with van der Waals surface area (Å²) in [7, 11) is 1.70. The van der Waals surface area contributed by atoms with Gasteiger partial charge in [-0.1, -0.05) is 43.3 Å². The maximum Gasteiger partial charge on any atom is 0.319 e. The molecule has 0 saturated heterocycles. The molecule has 0 saturated carbocycles. The lowest BCUT2D eigenvalue weighted by Gasteiger charge is -2.22. The monoisotopic (exact) mass is 339 g/mol. The Morgan fingerprint density at radius 2 is 1.68 bits per heavy atom. The molecule has 2 aromatic rings. The van der Waals surface area contributed by atoms with E-state index in [1.807, 2.05) is 31.2 Å². The van der Waals surface area contributed by atoms with Gasteiger partial charge < -0.3 is 15.5 Å². The summed E-state index contributed by atoms with van der Waals surface area (Å²) in [6.45, 7) is 5.57. The molecule has 132 valence electrons. The van der Waals surface area contributed by atoms with Gasteiger partial charge in [-0.15, -0.1) is 0 Å². The van der Waals surface area contributed by atoms with Gasteiger partial charge in [0.15, 0.2) is 0 Å². The second-order valence-corrected chi connectivity index (χ2v) is 6.21. The Bertz CT molecular complexity index is 731. The van der Waals surface area contributed by atoms with Crippen molar-refractivity contribution in [2.24, 2.45) is 0 Å². The number of nitrogens with zero attached hydrogens (tertiary/aromatic N) is 1. The van der Waals surface area contributed by atoms with Crippen molar-refractivity contribution in [3.63, 3.8) is 0 Å². The Morgan fingerprint density at radius 1 is 1.00 bits per heavy atom. The first kappa shape index (κ1) is 18.5. The third-order valence-corrected chi connectivity index (χ3v) is 4.40. The van der Waals surface area contributed by atoms with Crippen molar-refractivity contribution in [3.05, 3.63) is 60.2 Å². The lowest BCUT2D eigenvalue weighted by Crippen LogP contribution is -2.39. The first-order valence-electron chi connectivity index (χ1n) is 8.35. The second-order valence-electron chi connectivity index (χ2n) is 6.21. The van der Waals surface area contributed by atoms with E-state index in [0.717, 1.165) is 5.69 Å². The third kappa shape index (κ3) is 5.08. The number of benzene rings is 2. The van der Waals surface area contributed by atoms with Gasteiger partial charge in [0.1, 0.15) is 0 Å². The fourth-order valence-electron chi connectivity index (χ4n) is 2.52. The smallest absolute Gasteiger partial charge is 0.319 e. The molecule has 5 heteroatoms. The molecule has 2 rings (SSSR count). The number of anilines is 2. The van der Waals surface area contributed by atoms with Crippen LogP contribution >= 0.6 is 0 Å². The van der Waals surface area contributed by atoms with Crippen LogP contribution in [0, 0.1) is 0 Å². The first-order valence-corrected chi connectivity index (χ1v) is 8.35. The molecular formula is C20H25N3O2. The maximum absolute atomic E-state index is 12.3. The molecule has 3 amide bonds.